The van der Waals surface area contributed by atoms with Crippen LogP contribution in [0.4, 0.5) is 5.69 Å². The maximum Gasteiger partial charge on any atom is 0.242 e. The molecule has 0 amide bonds. The van der Waals surface area contributed by atoms with Crippen molar-refractivity contribution in [2.45, 2.75) is 11.4 Å². The van der Waals surface area contributed by atoms with E-state index in [0.717, 1.165) is 5.56 Å². The number of benzene rings is 2. The Bertz CT molecular complexity index is 714. The first-order valence-electron chi connectivity index (χ1n) is 6.46. The van der Waals surface area contributed by atoms with Crippen LogP contribution in [0.3, 0.4) is 0 Å². The largest absolute Gasteiger partial charge is 0.497 e. The van der Waals surface area contributed by atoms with E-state index in [4.69, 9.17) is 4.74 Å². The molecule has 0 saturated carbocycles. The highest BCUT2D eigenvalue weighted by Gasteiger charge is 2.17. The lowest BCUT2D eigenvalue weighted by molar-refractivity contribution is 0.414. The van der Waals surface area contributed by atoms with Gasteiger partial charge in [0.05, 0.1) is 12.8 Å². The van der Waals surface area contributed by atoms with Gasteiger partial charge in [0.15, 0.2) is 0 Å². The second-order valence-electron chi connectivity index (χ2n) is 4.42. The normalized spacial score (nSPS) is 11.1. The Morgan fingerprint density at radius 3 is 2.57 bits per heavy atom. The van der Waals surface area contributed by atoms with Gasteiger partial charge in [-0.25, -0.2) is 13.1 Å². The van der Waals surface area contributed by atoms with E-state index >= 15 is 0 Å². The third-order valence-corrected chi connectivity index (χ3v) is 4.51. The molecule has 0 bridgehead atoms. The summed E-state index contributed by atoms with van der Waals surface area (Å²) in [6.07, 6.45) is 0. The fourth-order valence-corrected chi connectivity index (χ4v) is 3.18. The zero-order valence-electron chi connectivity index (χ0n) is 12.0. The molecular weight excluding hydrogens is 288 g/mol. The van der Waals surface area contributed by atoms with Crippen LogP contribution in [-0.4, -0.2) is 22.6 Å². The Hall–Kier alpha value is -2.05. The van der Waals surface area contributed by atoms with Crippen molar-refractivity contribution in [2.75, 3.05) is 19.5 Å². The standard InChI is InChI=1S/C15H18N2O3S/c1-16-14-8-3-4-9-15(14)21(18,19)17-11-12-6-5-7-13(10-12)20-2/h3-10,16-17H,11H2,1-2H3. The molecule has 0 radical (unpaired) electrons. The van der Waals surface area contributed by atoms with E-state index in [9.17, 15) is 8.42 Å². The molecule has 2 aromatic rings. The van der Waals surface area contributed by atoms with E-state index in [1.807, 2.05) is 18.2 Å². The molecule has 0 fully saturated rings. The number of sulfonamides is 1. The van der Waals surface area contributed by atoms with Crippen LogP contribution in [0, 0.1) is 0 Å². The topological polar surface area (TPSA) is 67.4 Å². The highest BCUT2D eigenvalue weighted by Crippen LogP contribution is 2.20. The van der Waals surface area contributed by atoms with Crippen LogP contribution in [-0.2, 0) is 16.6 Å². The van der Waals surface area contributed by atoms with Gasteiger partial charge in [0.2, 0.25) is 10.0 Å². The zero-order valence-corrected chi connectivity index (χ0v) is 12.8. The monoisotopic (exact) mass is 306 g/mol. The van der Waals surface area contributed by atoms with Crippen molar-refractivity contribution in [2.24, 2.45) is 0 Å². The van der Waals surface area contributed by atoms with Crippen LogP contribution in [0.25, 0.3) is 0 Å². The Kier molecular flexibility index (Phi) is 4.82. The van der Waals surface area contributed by atoms with Gasteiger partial charge in [-0.2, -0.15) is 0 Å². The molecule has 0 saturated heterocycles. The zero-order chi connectivity index (χ0) is 15.3. The summed E-state index contributed by atoms with van der Waals surface area (Å²) >= 11 is 0. The van der Waals surface area contributed by atoms with E-state index in [1.165, 1.54) is 0 Å². The minimum absolute atomic E-state index is 0.206. The number of hydrogen-bond acceptors (Lipinski definition) is 4. The van der Waals surface area contributed by atoms with E-state index in [-0.39, 0.29) is 11.4 Å². The minimum Gasteiger partial charge on any atom is -0.497 e. The SMILES string of the molecule is CNc1ccccc1S(=O)(=O)NCc1cccc(OC)c1. The summed E-state index contributed by atoms with van der Waals surface area (Å²) in [6, 6.07) is 14.0. The van der Waals surface area contributed by atoms with E-state index in [1.54, 1.807) is 44.5 Å². The molecule has 0 aromatic heterocycles. The van der Waals surface area contributed by atoms with Crippen molar-refractivity contribution in [1.29, 1.82) is 0 Å². The maximum atomic E-state index is 12.4. The number of anilines is 1. The van der Waals surface area contributed by atoms with Crippen molar-refractivity contribution < 1.29 is 13.2 Å². The van der Waals surface area contributed by atoms with Crippen LogP contribution < -0.4 is 14.8 Å². The lowest BCUT2D eigenvalue weighted by atomic mass is 10.2. The predicted octanol–water partition coefficient (Wildman–Crippen LogP) is 2.22. The number of rotatable bonds is 6. The highest BCUT2D eigenvalue weighted by atomic mass is 32.2. The first kappa shape index (κ1) is 15.3. The number of para-hydroxylation sites is 1. The van der Waals surface area contributed by atoms with E-state index in [2.05, 4.69) is 10.0 Å². The van der Waals surface area contributed by atoms with Gasteiger partial charge in [-0.05, 0) is 29.8 Å². The second-order valence-corrected chi connectivity index (χ2v) is 6.16. The molecule has 0 atom stereocenters. The molecule has 0 aliphatic heterocycles. The molecule has 2 aromatic carbocycles. The van der Waals surface area contributed by atoms with Crippen molar-refractivity contribution in [3.63, 3.8) is 0 Å². The molecule has 6 heteroatoms. The first-order chi connectivity index (χ1) is 10.1. The third kappa shape index (κ3) is 3.74. The van der Waals surface area contributed by atoms with Gasteiger partial charge in [0.1, 0.15) is 10.6 Å². The average Bonchev–Trinajstić information content (AvgIpc) is 2.53. The van der Waals surface area contributed by atoms with Gasteiger partial charge in [0.25, 0.3) is 0 Å². The number of ether oxygens (including phenoxy) is 1. The first-order valence-corrected chi connectivity index (χ1v) is 7.94. The van der Waals surface area contributed by atoms with Gasteiger partial charge in [-0.1, -0.05) is 24.3 Å². The summed E-state index contributed by atoms with van der Waals surface area (Å²) in [6.45, 7) is 0.206. The lowest BCUT2D eigenvalue weighted by Gasteiger charge is -2.11. The molecule has 0 aliphatic carbocycles. The molecular formula is C15H18N2O3S. The summed E-state index contributed by atoms with van der Waals surface area (Å²) in [5.41, 5.74) is 1.40. The van der Waals surface area contributed by atoms with Crippen molar-refractivity contribution in [1.82, 2.24) is 4.72 Å². The Morgan fingerprint density at radius 1 is 1.10 bits per heavy atom. The van der Waals surface area contributed by atoms with Crippen LogP contribution in [0.1, 0.15) is 5.56 Å². The van der Waals surface area contributed by atoms with Crippen molar-refractivity contribution in [3.05, 3.63) is 54.1 Å². The molecule has 2 N–H and O–H groups in total. The summed E-state index contributed by atoms with van der Waals surface area (Å²) in [7, 11) is -0.307. The van der Waals surface area contributed by atoms with Gasteiger partial charge in [-0.15, -0.1) is 0 Å². The average molecular weight is 306 g/mol. The molecule has 0 unspecified atom stereocenters. The molecule has 0 heterocycles. The summed E-state index contributed by atoms with van der Waals surface area (Å²) in [4.78, 5) is 0.232. The van der Waals surface area contributed by atoms with E-state index < -0.39 is 10.0 Å². The molecule has 0 spiro atoms. The lowest BCUT2D eigenvalue weighted by Crippen LogP contribution is -2.24. The fraction of sp³-hybridized carbons (Fsp3) is 0.200. The Labute approximate surface area is 125 Å². The van der Waals surface area contributed by atoms with Gasteiger partial charge >= 0.3 is 0 Å². The predicted molar refractivity (Wildman–Crippen MR) is 83.0 cm³/mol. The van der Waals surface area contributed by atoms with Crippen LogP contribution in [0.5, 0.6) is 5.75 Å². The maximum absolute atomic E-state index is 12.4. The molecule has 2 rings (SSSR count). The summed E-state index contributed by atoms with van der Waals surface area (Å²) in [5.74, 6) is 0.697. The van der Waals surface area contributed by atoms with Gasteiger partial charge in [-0.3, -0.25) is 0 Å². The summed E-state index contributed by atoms with van der Waals surface area (Å²) in [5, 5.41) is 2.88. The number of nitrogens with one attached hydrogen (secondary N) is 2. The quantitative estimate of drug-likeness (QED) is 0.858. The van der Waals surface area contributed by atoms with Crippen molar-refractivity contribution in [3.8, 4) is 5.75 Å². The molecule has 0 aliphatic rings. The van der Waals surface area contributed by atoms with Crippen molar-refractivity contribution >= 4 is 15.7 Å². The molecule has 112 valence electrons. The fourth-order valence-electron chi connectivity index (χ4n) is 1.95. The Balaban J connectivity index is 2.18. The van der Waals surface area contributed by atoms with Gasteiger partial charge in [0, 0.05) is 13.6 Å². The number of hydrogen-bond donors (Lipinski definition) is 2. The van der Waals surface area contributed by atoms with Gasteiger partial charge < -0.3 is 10.1 Å². The third-order valence-electron chi connectivity index (χ3n) is 3.05. The van der Waals surface area contributed by atoms with Crippen LogP contribution in [0.2, 0.25) is 0 Å². The summed E-state index contributed by atoms with van der Waals surface area (Å²) < 4.78 is 32.4. The molecule has 5 nitrogen and oxygen atoms in total. The number of methoxy groups -OCH3 is 1. The highest BCUT2D eigenvalue weighted by molar-refractivity contribution is 7.89. The second kappa shape index (κ2) is 6.60. The van der Waals surface area contributed by atoms with Crippen LogP contribution in [0.15, 0.2) is 53.4 Å². The van der Waals surface area contributed by atoms with Crippen LogP contribution >= 0.6 is 0 Å². The smallest absolute Gasteiger partial charge is 0.242 e. The molecule has 21 heavy (non-hydrogen) atoms. The minimum atomic E-state index is -3.57. The van der Waals surface area contributed by atoms with E-state index in [0.29, 0.717) is 11.4 Å². The Morgan fingerprint density at radius 2 is 1.86 bits per heavy atom.